The fourth-order valence-electron chi connectivity index (χ4n) is 3.67. The summed E-state index contributed by atoms with van der Waals surface area (Å²) >= 11 is 0. The molecule has 0 aliphatic heterocycles. The van der Waals surface area contributed by atoms with Gasteiger partial charge in [-0.25, -0.2) is 9.78 Å². The molecule has 1 saturated carbocycles. The van der Waals surface area contributed by atoms with Gasteiger partial charge in [0.15, 0.2) is 0 Å². The molecule has 1 fully saturated rings. The van der Waals surface area contributed by atoms with Crippen LogP contribution in [0.1, 0.15) is 49.8 Å². The Morgan fingerprint density at radius 1 is 1.21 bits per heavy atom. The lowest BCUT2D eigenvalue weighted by Crippen LogP contribution is -2.55. The van der Waals surface area contributed by atoms with Crippen LogP contribution in [0.5, 0.6) is 0 Å². The molecular weight excluding hydrogens is 360 g/mol. The number of nitrogens with zero attached hydrogens (tertiary/aromatic N) is 2. The molecule has 8 heteroatoms. The number of carboxylic acids is 1. The quantitative estimate of drug-likeness (QED) is 0.699. The number of carboxylic acid groups (broad SMARTS) is 1. The number of rotatable bonds is 6. The molecule has 0 atom stereocenters. The second-order valence-electron chi connectivity index (χ2n) is 7.21. The van der Waals surface area contributed by atoms with Crippen LogP contribution in [0, 0.1) is 6.92 Å². The van der Waals surface area contributed by atoms with E-state index in [4.69, 9.17) is 0 Å². The molecule has 3 rings (SSSR count). The van der Waals surface area contributed by atoms with Gasteiger partial charge in [0.25, 0.3) is 5.56 Å². The van der Waals surface area contributed by atoms with Crippen molar-refractivity contribution in [1.29, 1.82) is 0 Å². The first-order valence-electron chi connectivity index (χ1n) is 9.46. The number of hydrogen-bond acceptors (Lipinski definition) is 5. The van der Waals surface area contributed by atoms with Crippen LogP contribution < -0.4 is 10.9 Å². The highest BCUT2D eigenvalue weighted by molar-refractivity contribution is 5.87. The lowest BCUT2D eigenvalue weighted by molar-refractivity contribution is -0.149. The van der Waals surface area contributed by atoms with E-state index in [0.717, 1.165) is 24.8 Å². The monoisotopic (exact) mass is 384 g/mol. The largest absolute Gasteiger partial charge is 0.480 e. The number of aliphatic carboxylic acids is 1. The van der Waals surface area contributed by atoms with E-state index in [2.05, 4.69) is 20.3 Å². The van der Waals surface area contributed by atoms with Crippen molar-refractivity contribution in [3.05, 3.63) is 46.1 Å². The minimum absolute atomic E-state index is 0.0369. The molecule has 0 unspecified atom stereocenters. The second kappa shape index (κ2) is 8.33. The Labute approximate surface area is 162 Å². The van der Waals surface area contributed by atoms with Crippen LogP contribution >= 0.6 is 0 Å². The molecule has 0 saturated heterocycles. The molecule has 0 spiro atoms. The van der Waals surface area contributed by atoms with Gasteiger partial charge in [-0.3, -0.25) is 14.6 Å². The van der Waals surface area contributed by atoms with Crippen molar-refractivity contribution in [3.63, 3.8) is 0 Å². The Balaban J connectivity index is 1.69. The number of pyridine rings is 1. The highest BCUT2D eigenvalue weighted by Crippen LogP contribution is 2.28. The smallest absolute Gasteiger partial charge is 0.329 e. The summed E-state index contributed by atoms with van der Waals surface area (Å²) < 4.78 is 0. The van der Waals surface area contributed by atoms with Crippen molar-refractivity contribution in [1.82, 2.24) is 20.3 Å². The summed E-state index contributed by atoms with van der Waals surface area (Å²) in [6, 6.07) is 3.50. The molecule has 0 bridgehead atoms. The first kappa shape index (κ1) is 19.7. The van der Waals surface area contributed by atoms with Crippen LogP contribution in [0.25, 0.3) is 11.4 Å². The molecule has 1 aliphatic carbocycles. The fourth-order valence-corrected chi connectivity index (χ4v) is 3.67. The van der Waals surface area contributed by atoms with Crippen LogP contribution in [-0.4, -0.2) is 37.5 Å². The highest BCUT2D eigenvalue weighted by Gasteiger charge is 2.40. The van der Waals surface area contributed by atoms with E-state index in [1.54, 1.807) is 31.5 Å². The molecule has 1 amide bonds. The molecule has 2 aromatic heterocycles. The van der Waals surface area contributed by atoms with E-state index in [1.165, 1.54) is 0 Å². The van der Waals surface area contributed by atoms with Gasteiger partial charge in [-0.1, -0.05) is 19.3 Å². The molecule has 1 aliphatic rings. The molecular formula is C20H24N4O4. The lowest BCUT2D eigenvalue weighted by Gasteiger charge is -2.34. The molecule has 2 heterocycles. The average molecular weight is 384 g/mol. The minimum atomic E-state index is -1.18. The van der Waals surface area contributed by atoms with Crippen molar-refractivity contribution in [2.24, 2.45) is 0 Å². The SMILES string of the molecule is Cc1nc(-c2ccncc2)[nH]c(=O)c1CCC(=O)NC1(C(=O)O)CCCCC1. The molecule has 148 valence electrons. The number of nitrogens with one attached hydrogen (secondary N) is 2. The number of aromatic nitrogens is 3. The van der Waals surface area contributed by atoms with Crippen molar-refractivity contribution in [2.75, 3.05) is 0 Å². The molecule has 0 radical (unpaired) electrons. The summed E-state index contributed by atoms with van der Waals surface area (Å²) in [7, 11) is 0. The Kier molecular flexibility index (Phi) is 5.87. The first-order valence-corrected chi connectivity index (χ1v) is 9.46. The first-order chi connectivity index (χ1) is 13.4. The minimum Gasteiger partial charge on any atom is -0.480 e. The Hall–Kier alpha value is -3.03. The van der Waals surface area contributed by atoms with Gasteiger partial charge in [0.1, 0.15) is 11.4 Å². The van der Waals surface area contributed by atoms with E-state index in [1.807, 2.05) is 0 Å². The molecule has 0 aromatic carbocycles. The number of amides is 1. The molecule has 8 nitrogen and oxygen atoms in total. The summed E-state index contributed by atoms with van der Waals surface area (Å²) in [5, 5.41) is 12.3. The summed E-state index contributed by atoms with van der Waals surface area (Å²) in [4.78, 5) is 47.7. The zero-order valence-electron chi connectivity index (χ0n) is 15.8. The highest BCUT2D eigenvalue weighted by atomic mass is 16.4. The third-order valence-electron chi connectivity index (χ3n) is 5.27. The van der Waals surface area contributed by atoms with Crippen LogP contribution in [0.3, 0.4) is 0 Å². The van der Waals surface area contributed by atoms with Gasteiger partial charge in [-0.05, 0) is 38.3 Å². The van der Waals surface area contributed by atoms with Gasteiger partial charge in [-0.15, -0.1) is 0 Å². The lowest BCUT2D eigenvalue weighted by atomic mass is 9.81. The van der Waals surface area contributed by atoms with Crippen molar-refractivity contribution >= 4 is 11.9 Å². The number of aromatic amines is 1. The van der Waals surface area contributed by atoms with Gasteiger partial charge in [0, 0.05) is 35.6 Å². The van der Waals surface area contributed by atoms with E-state index in [9.17, 15) is 19.5 Å². The van der Waals surface area contributed by atoms with Crippen molar-refractivity contribution < 1.29 is 14.7 Å². The van der Waals surface area contributed by atoms with E-state index < -0.39 is 11.5 Å². The molecule has 28 heavy (non-hydrogen) atoms. The second-order valence-corrected chi connectivity index (χ2v) is 7.21. The van der Waals surface area contributed by atoms with Crippen molar-refractivity contribution in [3.8, 4) is 11.4 Å². The van der Waals surface area contributed by atoms with Crippen LogP contribution in [-0.2, 0) is 16.0 Å². The third-order valence-corrected chi connectivity index (χ3v) is 5.27. The molecule has 2 aromatic rings. The fraction of sp³-hybridized carbons (Fsp3) is 0.450. The van der Waals surface area contributed by atoms with E-state index >= 15 is 0 Å². The van der Waals surface area contributed by atoms with E-state index in [-0.39, 0.29) is 24.3 Å². The maximum Gasteiger partial charge on any atom is 0.329 e. The van der Waals surface area contributed by atoms with E-state index in [0.29, 0.717) is 29.9 Å². The van der Waals surface area contributed by atoms with Crippen LogP contribution in [0.2, 0.25) is 0 Å². The van der Waals surface area contributed by atoms with Gasteiger partial charge >= 0.3 is 5.97 Å². The van der Waals surface area contributed by atoms with Gasteiger partial charge < -0.3 is 15.4 Å². The number of aryl methyl sites for hydroxylation is 1. The summed E-state index contributed by atoms with van der Waals surface area (Å²) in [5.41, 5.74) is 0.258. The van der Waals surface area contributed by atoms with Crippen molar-refractivity contribution in [2.45, 2.75) is 57.4 Å². The Morgan fingerprint density at radius 3 is 2.50 bits per heavy atom. The number of carbonyl (C=O) groups is 2. The standard InChI is InChI=1S/C20H24N4O4/c1-13-15(18(26)23-17(22-13)14-7-11-21-12-8-14)5-6-16(25)24-20(19(27)28)9-3-2-4-10-20/h7-8,11-12H,2-6,9-10H2,1H3,(H,24,25)(H,27,28)(H,22,23,26). The number of carbonyl (C=O) groups excluding carboxylic acids is 1. The maximum atomic E-state index is 12.5. The van der Waals surface area contributed by atoms with Gasteiger partial charge in [0.2, 0.25) is 5.91 Å². The van der Waals surface area contributed by atoms with Crippen LogP contribution in [0.4, 0.5) is 0 Å². The topological polar surface area (TPSA) is 125 Å². The predicted molar refractivity (Wildman–Crippen MR) is 103 cm³/mol. The predicted octanol–water partition coefficient (Wildman–Crippen LogP) is 1.98. The zero-order chi connectivity index (χ0) is 20.1. The zero-order valence-corrected chi connectivity index (χ0v) is 15.8. The maximum absolute atomic E-state index is 12.5. The Bertz CT molecular complexity index is 918. The number of hydrogen-bond donors (Lipinski definition) is 3. The summed E-state index contributed by atoms with van der Waals surface area (Å²) in [6.07, 6.45) is 6.90. The molecule has 3 N–H and O–H groups in total. The summed E-state index contributed by atoms with van der Waals surface area (Å²) in [6.45, 7) is 1.73. The van der Waals surface area contributed by atoms with Crippen LogP contribution in [0.15, 0.2) is 29.3 Å². The number of H-pyrrole nitrogens is 1. The van der Waals surface area contributed by atoms with Gasteiger partial charge in [-0.2, -0.15) is 0 Å². The Morgan fingerprint density at radius 2 is 1.89 bits per heavy atom. The average Bonchev–Trinajstić information content (AvgIpc) is 2.68. The normalized spacial score (nSPS) is 15.8. The van der Waals surface area contributed by atoms with Gasteiger partial charge in [0.05, 0.1) is 0 Å². The summed E-state index contributed by atoms with van der Waals surface area (Å²) in [5.74, 6) is -0.899. The third kappa shape index (κ3) is 4.27.